The van der Waals surface area contributed by atoms with Gasteiger partial charge in [0.25, 0.3) is 0 Å². The van der Waals surface area contributed by atoms with Crippen molar-refractivity contribution in [2.24, 2.45) is 0 Å². The first-order chi connectivity index (χ1) is 11.0. The van der Waals surface area contributed by atoms with Gasteiger partial charge in [-0.2, -0.15) is 4.31 Å². The van der Waals surface area contributed by atoms with Crippen molar-refractivity contribution < 1.29 is 17.9 Å². The number of nitrogens with zero attached hydrogens (tertiary/aromatic N) is 1. The van der Waals surface area contributed by atoms with E-state index in [-0.39, 0.29) is 15.8 Å². The number of nitrogens with one attached hydrogen (secondary N) is 1. The fourth-order valence-corrected chi connectivity index (χ4v) is 5.95. The third-order valence-electron chi connectivity index (χ3n) is 4.11. The highest BCUT2D eigenvalue weighted by atomic mass is 32.2. The monoisotopic (exact) mass is 354 g/mol. The number of rotatable bonds is 4. The fraction of sp³-hybridized carbons (Fsp3) is 0.400. The number of fused-ring (bicyclic) bond motifs is 1. The average molecular weight is 354 g/mol. The number of thiophene rings is 1. The number of hydrogen-bond donors (Lipinski definition) is 1. The predicted octanol–water partition coefficient (Wildman–Crippen LogP) is 1.67. The average Bonchev–Trinajstić information content (AvgIpc) is 3.20. The van der Waals surface area contributed by atoms with Crippen molar-refractivity contribution >= 4 is 37.4 Å². The molecule has 1 unspecified atom stereocenters. The van der Waals surface area contributed by atoms with Gasteiger partial charge in [0.05, 0.1) is 7.11 Å². The maximum absolute atomic E-state index is 13.1. The molecule has 0 saturated carbocycles. The summed E-state index contributed by atoms with van der Waals surface area (Å²) in [7, 11) is -0.961. The van der Waals surface area contributed by atoms with Crippen LogP contribution in [0.4, 0.5) is 0 Å². The second-order valence-electron chi connectivity index (χ2n) is 5.42. The van der Waals surface area contributed by atoms with Gasteiger partial charge in [-0.05, 0) is 19.0 Å². The Bertz CT molecular complexity index is 838. The van der Waals surface area contributed by atoms with E-state index in [0.717, 1.165) is 29.0 Å². The lowest BCUT2D eigenvalue weighted by Crippen LogP contribution is -2.38. The van der Waals surface area contributed by atoms with Gasteiger partial charge in [-0.3, -0.25) is 0 Å². The number of likely N-dealkylation sites (N-methyl/N-ethyl adjacent to an activating group) is 1. The van der Waals surface area contributed by atoms with Crippen LogP contribution in [0.3, 0.4) is 0 Å². The number of carbonyl (C=O) groups excluding carboxylic acids is 1. The minimum atomic E-state index is -3.79. The Morgan fingerprint density at radius 1 is 1.39 bits per heavy atom. The van der Waals surface area contributed by atoms with E-state index in [4.69, 9.17) is 4.74 Å². The Hall–Kier alpha value is -1.48. The van der Waals surface area contributed by atoms with E-state index in [0.29, 0.717) is 11.9 Å². The molecule has 0 bridgehead atoms. The van der Waals surface area contributed by atoms with Crippen LogP contribution in [-0.4, -0.2) is 52.0 Å². The molecule has 1 aliphatic rings. The molecule has 8 heteroatoms. The molecule has 1 aliphatic heterocycles. The molecule has 1 atom stereocenters. The molecule has 0 amide bonds. The van der Waals surface area contributed by atoms with Gasteiger partial charge in [0.15, 0.2) is 0 Å². The van der Waals surface area contributed by atoms with E-state index in [1.54, 1.807) is 19.2 Å². The molecule has 0 spiro atoms. The Kier molecular flexibility index (Phi) is 4.41. The van der Waals surface area contributed by atoms with Crippen molar-refractivity contribution in [3.8, 4) is 0 Å². The number of ether oxygens (including phenoxy) is 1. The summed E-state index contributed by atoms with van der Waals surface area (Å²) in [6.45, 7) is 1.41. The second-order valence-corrected chi connectivity index (χ2v) is 8.40. The van der Waals surface area contributed by atoms with Crippen molar-refractivity contribution in [2.75, 3.05) is 27.2 Å². The molecule has 0 aliphatic carbocycles. The van der Waals surface area contributed by atoms with Gasteiger partial charge < -0.3 is 10.1 Å². The number of esters is 1. The van der Waals surface area contributed by atoms with Gasteiger partial charge in [0.2, 0.25) is 10.0 Å². The standard InChI is InChI=1S/C15H18N2O4S2/c1-17(10-7-8-16-9-10)23(19,20)14-11-5-3-4-6-12(11)22-13(14)15(18)21-2/h3-6,10,16H,7-9H2,1-2H3. The largest absolute Gasteiger partial charge is 0.465 e. The second kappa shape index (κ2) is 6.20. The first-order valence-corrected chi connectivity index (χ1v) is 9.51. The van der Waals surface area contributed by atoms with Crippen LogP contribution in [0.5, 0.6) is 0 Å². The lowest BCUT2D eigenvalue weighted by Gasteiger charge is -2.23. The van der Waals surface area contributed by atoms with Crippen LogP contribution in [0.25, 0.3) is 10.1 Å². The maximum atomic E-state index is 13.1. The van der Waals surface area contributed by atoms with Crippen molar-refractivity contribution in [3.05, 3.63) is 29.1 Å². The quantitative estimate of drug-likeness (QED) is 0.846. The molecule has 1 N–H and O–H groups in total. The van der Waals surface area contributed by atoms with E-state index in [2.05, 4.69) is 5.32 Å². The third-order valence-corrected chi connectivity index (χ3v) is 7.38. The molecule has 1 saturated heterocycles. The normalized spacial score (nSPS) is 18.7. The Morgan fingerprint density at radius 3 is 2.78 bits per heavy atom. The van der Waals surface area contributed by atoms with Crippen LogP contribution in [0.2, 0.25) is 0 Å². The molecule has 6 nitrogen and oxygen atoms in total. The van der Waals surface area contributed by atoms with Crippen LogP contribution in [0.1, 0.15) is 16.1 Å². The van der Waals surface area contributed by atoms with E-state index in [9.17, 15) is 13.2 Å². The number of carbonyl (C=O) groups is 1. The van der Waals surface area contributed by atoms with Gasteiger partial charge in [-0.25, -0.2) is 13.2 Å². The van der Waals surface area contributed by atoms with Gasteiger partial charge in [0.1, 0.15) is 9.77 Å². The molecule has 1 fully saturated rings. The molecule has 23 heavy (non-hydrogen) atoms. The first kappa shape index (κ1) is 16.4. The first-order valence-electron chi connectivity index (χ1n) is 7.25. The lowest BCUT2D eigenvalue weighted by atomic mass is 10.2. The highest BCUT2D eigenvalue weighted by molar-refractivity contribution is 7.89. The van der Waals surface area contributed by atoms with Crippen molar-refractivity contribution in [2.45, 2.75) is 17.4 Å². The van der Waals surface area contributed by atoms with Crippen LogP contribution in [-0.2, 0) is 14.8 Å². The van der Waals surface area contributed by atoms with E-state index in [1.807, 2.05) is 12.1 Å². The van der Waals surface area contributed by atoms with Crippen LogP contribution < -0.4 is 5.32 Å². The lowest BCUT2D eigenvalue weighted by molar-refractivity contribution is 0.0602. The minimum Gasteiger partial charge on any atom is -0.465 e. The number of methoxy groups -OCH3 is 1. The van der Waals surface area contributed by atoms with Gasteiger partial charge >= 0.3 is 5.97 Å². The van der Waals surface area contributed by atoms with Crippen LogP contribution in [0.15, 0.2) is 29.2 Å². The zero-order valence-corrected chi connectivity index (χ0v) is 14.5. The summed E-state index contributed by atoms with van der Waals surface area (Å²) in [5.41, 5.74) is 0. The van der Waals surface area contributed by atoms with Crippen LogP contribution in [0, 0.1) is 0 Å². The van der Waals surface area contributed by atoms with Crippen molar-refractivity contribution in [1.29, 1.82) is 0 Å². The van der Waals surface area contributed by atoms with Gasteiger partial charge in [-0.15, -0.1) is 11.3 Å². The Labute approximate surface area is 139 Å². The zero-order chi connectivity index (χ0) is 16.6. The van der Waals surface area contributed by atoms with Gasteiger partial charge in [-0.1, -0.05) is 18.2 Å². The zero-order valence-electron chi connectivity index (χ0n) is 12.9. The number of benzene rings is 1. The van der Waals surface area contributed by atoms with Crippen molar-refractivity contribution in [1.82, 2.24) is 9.62 Å². The molecule has 2 aromatic rings. The van der Waals surface area contributed by atoms with E-state index >= 15 is 0 Å². The summed E-state index contributed by atoms with van der Waals surface area (Å²) in [5, 5.41) is 3.73. The topological polar surface area (TPSA) is 75.7 Å². The molecule has 0 radical (unpaired) electrons. The summed E-state index contributed by atoms with van der Waals surface area (Å²) >= 11 is 1.15. The Balaban J connectivity index is 2.18. The number of hydrogen-bond acceptors (Lipinski definition) is 6. The van der Waals surface area contributed by atoms with E-state index in [1.165, 1.54) is 11.4 Å². The third kappa shape index (κ3) is 2.76. The molecular weight excluding hydrogens is 336 g/mol. The van der Waals surface area contributed by atoms with Gasteiger partial charge in [0, 0.05) is 29.7 Å². The maximum Gasteiger partial charge on any atom is 0.349 e. The Morgan fingerprint density at radius 2 is 2.13 bits per heavy atom. The number of sulfonamides is 1. The summed E-state index contributed by atoms with van der Waals surface area (Å²) in [4.78, 5) is 12.3. The summed E-state index contributed by atoms with van der Waals surface area (Å²) in [6.07, 6.45) is 0.755. The molecule has 3 rings (SSSR count). The van der Waals surface area contributed by atoms with Crippen LogP contribution >= 0.6 is 11.3 Å². The fourth-order valence-electron chi connectivity index (χ4n) is 2.80. The molecule has 1 aromatic carbocycles. The smallest absolute Gasteiger partial charge is 0.349 e. The van der Waals surface area contributed by atoms with E-state index < -0.39 is 16.0 Å². The summed E-state index contributed by atoms with van der Waals surface area (Å²) in [5.74, 6) is -0.622. The minimum absolute atomic E-state index is 0.0550. The summed E-state index contributed by atoms with van der Waals surface area (Å²) < 4.78 is 33.2. The molecule has 2 heterocycles. The highest BCUT2D eigenvalue weighted by Crippen LogP contribution is 2.37. The highest BCUT2D eigenvalue weighted by Gasteiger charge is 2.35. The molecular formula is C15H18N2O4S2. The molecule has 124 valence electrons. The SMILES string of the molecule is COC(=O)c1sc2ccccc2c1S(=O)(=O)N(C)C1CCNC1. The summed E-state index contributed by atoms with van der Waals surface area (Å²) in [6, 6.07) is 7.02. The van der Waals surface area contributed by atoms with Crippen molar-refractivity contribution in [3.63, 3.8) is 0 Å². The predicted molar refractivity (Wildman–Crippen MR) is 89.4 cm³/mol. The molecule has 1 aromatic heterocycles.